The quantitative estimate of drug-likeness (QED) is 0.720. The summed E-state index contributed by atoms with van der Waals surface area (Å²) in [7, 11) is 1.73. The highest BCUT2D eigenvalue weighted by atomic mass is 16.5. The Labute approximate surface area is 77.9 Å². The number of hydrogen-bond donors (Lipinski definition) is 1. The summed E-state index contributed by atoms with van der Waals surface area (Å²) in [5.41, 5.74) is 0. The monoisotopic (exact) mass is 178 g/mol. The van der Waals surface area contributed by atoms with Gasteiger partial charge in [-0.3, -0.25) is 0 Å². The van der Waals surface area contributed by atoms with Crippen LogP contribution in [-0.2, 0) is 4.74 Å². The number of hydrogen-bond acceptors (Lipinski definition) is 2. The van der Waals surface area contributed by atoms with E-state index in [4.69, 9.17) is 9.84 Å². The van der Waals surface area contributed by atoms with Crippen LogP contribution in [0.5, 0.6) is 0 Å². The van der Waals surface area contributed by atoms with Crippen molar-refractivity contribution < 1.29 is 9.84 Å². The molecule has 0 rings (SSSR count). The highest BCUT2D eigenvalue weighted by Gasteiger charge is 1.88. The predicted molar refractivity (Wildman–Crippen MR) is 55.4 cm³/mol. The molecule has 0 aromatic rings. The first-order chi connectivity index (χ1) is 5.08. The minimum absolute atomic E-state index is 0. The Morgan fingerprint density at radius 2 is 1.58 bits per heavy atom. The summed E-state index contributed by atoms with van der Waals surface area (Å²) < 4.78 is 4.90. The summed E-state index contributed by atoms with van der Waals surface area (Å²) in [5, 5.41) is 8.14. The highest BCUT2D eigenvalue weighted by molar-refractivity contribution is 4.38. The maximum Gasteiger partial charge on any atom is 0.0540 e. The molecule has 1 N–H and O–H groups in total. The van der Waals surface area contributed by atoms with Crippen LogP contribution in [0.1, 0.15) is 41.5 Å². The molecule has 0 aromatic heterocycles. The average molecular weight is 178 g/mol. The van der Waals surface area contributed by atoms with Crippen molar-refractivity contribution in [3.8, 4) is 0 Å². The molecule has 0 aliphatic heterocycles. The predicted octanol–water partition coefficient (Wildman–Crippen LogP) is 2.70. The van der Waals surface area contributed by atoms with Crippen molar-refractivity contribution in [3.63, 3.8) is 0 Å². The molecule has 1 atom stereocenters. The normalized spacial score (nSPS) is 11.2. The lowest BCUT2D eigenvalue weighted by Gasteiger charge is -2.01. The molecular formula is C10H26O2. The van der Waals surface area contributed by atoms with Crippen molar-refractivity contribution in [3.05, 3.63) is 0 Å². The van der Waals surface area contributed by atoms with Crippen LogP contribution in [0.25, 0.3) is 0 Å². The van der Waals surface area contributed by atoms with Crippen molar-refractivity contribution in [1.29, 1.82) is 0 Å². The van der Waals surface area contributed by atoms with Gasteiger partial charge in [0, 0.05) is 13.7 Å². The van der Waals surface area contributed by atoms with Crippen molar-refractivity contribution in [2.75, 3.05) is 13.7 Å². The molecule has 2 nitrogen and oxygen atoms in total. The molecular weight excluding hydrogens is 152 g/mol. The number of methoxy groups -OCH3 is 1. The summed E-state index contributed by atoms with van der Waals surface area (Å²) in [4.78, 5) is 0. The molecule has 1 unspecified atom stereocenters. The average Bonchev–Trinajstić information content (AvgIpc) is 2.04. The minimum atomic E-state index is 0. The maximum absolute atomic E-state index is 8.14. The molecule has 0 heterocycles. The van der Waals surface area contributed by atoms with E-state index in [2.05, 4.69) is 13.8 Å². The summed E-state index contributed by atoms with van der Waals surface area (Å²) in [6, 6.07) is 0. The minimum Gasteiger partial charge on any atom is -0.396 e. The molecule has 0 amide bonds. The molecule has 78 valence electrons. The van der Waals surface area contributed by atoms with Crippen LogP contribution in [0.4, 0.5) is 0 Å². The molecule has 0 aromatic carbocycles. The van der Waals surface area contributed by atoms with Gasteiger partial charge in [0.1, 0.15) is 0 Å². The Hall–Kier alpha value is -0.0800. The van der Waals surface area contributed by atoms with E-state index in [0.29, 0.717) is 18.6 Å². The lowest BCUT2D eigenvalue weighted by molar-refractivity contribution is 0.115. The van der Waals surface area contributed by atoms with Gasteiger partial charge in [0.25, 0.3) is 0 Å². The molecule has 0 fully saturated rings. The van der Waals surface area contributed by atoms with Crippen molar-refractivity contribution in [2.24, 2.45) is 5.92 Å². The van der Waals surface area contributed by atoms with Crippen LogP contribution in [0.2, 0.25) is 0 Å². The van der Waals surface area contributed by atoms with Crippen molar-refractivity contribution in [1.82, 2.24) is 0 Å². The Morgan fingerprint density at radius 3 is 1.58 bits per heavy atom. The van der Waals surface area contributed by atoms with Crippen LogP contribution in [0, 0.1) is 5.92 Å². The first-order valence-corrected chi connectivity index (χ1v) is 4.22. The molecule has 2 heteroatoms. The first-order valence-electron chi connectivity index (χ1n) is 4.22. The fraction of sp³-hybridized carbons (Fsp3) is 1.00. The van der Waals surface area contributed by atoms with Crippen LogP contribution in [0.3, 0.4) is 0 Å². The van der Waals surface area contributed by atoms with Gasteiger partial charge in [-0.2, -0.15) is 0 Å². The van der Waals surface area contributed by atoms with E-state index >= 15 is 0 Å². The standard InChI is InChI=1S/C5H12O.C4H10O.CH4/c1-4-5(2)6-3;1-4(2)3-5;/h5H,4H2,1-3H3;4-5H,3H2,1-2H3;1H4. The van der Waals surface area contributed by atoms with Gasteiger partial charge in [0.2, 0.25) is 0 Å². The third-order valence-electron chi connectivity index (χ3n) is 1.34. The molecule has 0 radical (unpaired) electrons. The van der Waals surface area contributed by atoms with Crippen molar-refractivity contribution in [2.45, 2.75) is 47.6 Å². The summed E-state index contributed by atoms with van der Waals surface area (Å²) in [6.07, 6.45) is 1.54. The largest absolute Gasteiger partial charge is 0.396 e. The first kappa shape index (κ1) is 17.9. The molecule has 12 heavy (non-hydrogen) atoms. The van der Waals surface area contributed by atoms with E-state index in [1.807, 2.05) is 13.8 Å². The lowest BCUT2D eigenvalue weighted by atomic mass is 10.2. The van der Waals surface area contributed by atoms with Gasteiger partial charge < -0.3 is 9.84 Å². The fourth-order valence-electron chi connectivity index (χ4n) is 0.167. The van der Waals surface area contributed by atoms with Gasteiger partial charge in [-0.05, 0) is 19.3 Å². The molecule has 0 saturated carbocycles. The van der Waals surface area contributed by atoms with E-state index in [1.54, 1.807) is 7.11 Å². The molecule has 0 saturated heterocycles. The second kappa shape index (κ2) is 13.5. The topological polar surface area (TPSA) is 29.5 Å². The van der Waals surface area contributed by atoms with Gasteiger partial charge in [-0.25, -0.2) is 0 Å². The van der Waals surface area contributed by atoms with Gasteiger partial charge in [0.15, 0.2) is 0 Å². The molecule has 0 aliphatic rings. The Balaban J connectivity index is -0.000000126. The Morgan fingerprint density at radius 1 is 1.25 bits per heavy atom. The smallest absolute Gasteiger partial charge is 0.0540 e. The third kappa shape index (κ3) is 22.5. The van der Waals surface area contributed by atoms with Crippen LogP contribution >= 0.6 is 0 Å². The molecule has 0 bridgehead atoms. The molecule has 0 spiro atoms. The number of rotatable bonds is 3. The zero-order valence-electron chi connectivity index (χ0n) is 8.42. The van der Waals surface area contributed by atoms with Gasteiger partial charge in [0.05, 0.1) is 6.10 Å². The number of ether oxygens (including phenoxy) is 1. The summed E-state index contributed by atoms with van der Waals surface area (Å²) in [5.74, 6) is 0.440. The lowest BCUT2D eigenvalue weighted by Crippen LogP contribution is -2.00. The summed E-state index contributed by atoms with van der Waals surface area (Å²) >= 11 is 0. The van der Waals surface area contributed by atoms with E-state index in [0.717, 1.165) is 6.42 Å². The SMILES string of the molecule is C.CC(C)CO.CCC(C)OC. The van der Waals surface area contributed by atoms with E-state index in [1.165, 1.54) is 0 Å². The zero-order chi connectivity index (χ0) is 9.28. The Kier molecular flexibility index (Phi) is 20.1. The van der Waals surface area contributed by atoms with E-state index < -0.39 is 0 Å². The van der Waals surface area contributed by atoms with Crippen LogP contribution < -0.4 is 0 Å². The second-order valence-corrected chi connectivity index (χ2v) is 3.03. The third-order valence-corrected chi connectivity index (χ3v) is 1.34. The van der Waals surface area contributed by atoms with Gasteiger partial charge >= 0.3 is 0 Å². The Bertz CT molecular complexity index is 58.9. The van der Waals surface area contributed by atoms with Crippen LogP contribution in [-0.4, -0.2) is 24.9 Å². The maximum atomic E-state index is 8.14. The highest BCUT2D eigenvalue weighted by Crippen LogP contribution is 1.89. The number of aliphatic hydroxyl groups excluding tert-OH is 1. The summed E-state index contributed by atoms with van der Waals surface area (Å²) in [6.45, 7) is 8.41. The van der Waals surface area contributed by atoms with Crippen molar-refractivity contribution >= 4 is 0 Å². The fourth-order valence-corrected chi connectivity index (χ4v) is 0.167. The van der Waals surface area contributed by atoms with Gasteiger partial charge in [-0.1, -0.05) is 28.2 Å². The zero-order valence-corrected chi connectivity index (χ0v) is 8.42. The van der Waals surface area contributed by atoms with E-state index in [-0.39, 0.29) is 7.43 Å². The second-order valence-electron chi connectivity index (χ2n) is 3.03. The number of aliphatic hydroxyl groups is 1. The van der Waals surface area contributed by atoms with Gasteiger partial charge in [-0.15, -0.1) is 0 Å². The molecule has 0 aliphatic carbocycles. The van der Waals surface area contributed by atoms with Crippen LogP contribution in [0.15, 0.2) is 0 Å². The van der Waals surface area contributed by atoms with E-state index in [9.17, 15) is 0 Å².